The Labute approximate surface area is 190 Å². The van der Waals surface area contributed by atoms with Crippen LogP contribution in [0.15, 0.2) is 96.4 Å². The summed E-state index contributed by atoms with van der Waals surface area (Å²) in [5.74, 6) is 0.320. The molecule has 6 heteroatoms. The van der Waals surface area contributed by atoms with Gasteiger partial charge in [0.2, 0.25) is 0 Å². The molecule has 4 aromatic rings. The molecule has 0 aliphatic carbocycles. The van der Waals surface area contributed by atoms with E-state index in [4.69, 9.17) is 4.74 Å². The average molecular weight is 443 g/mol. The van der Waals surface area contributed by atoms with Crippen molar-refractivity contribution in [3.63, 3.8) is 0 Å². The molecular weight excluding hydrogens is 420 g/mol. The number of amides is 2. The Morgan fingerprint density at radius 2 is 1.56 bits per heavy atom. The van der Waals surface area contributed by atoms with E-state index in [2.05, 4.69) is 10.6 Å². The van der Waals surface area contributed by atoms with Gasteiger partial charge in [-0.2, -0.15) is 0 Å². The topological polar surface area (TPSA) is 67.4 Å². The molecule has 0 spiro atoms. The first kappa shape index (κ1) is 21.3. The molecule has 1 atom stereocenters. The molecule has 2 N–H and O–H groups in total. The molecule has 2 amide bonds. The first-order valence-electron chi connectivity index (χ1n) is 10.1. The van der Waals surface area contributed by atoms with Crippen LogP contribution in [-0.2, 0) is 0 Å². The summed E-state index contributed by atoms with van der Waals surface area (Å²) >= 11 is 1.37. The summed E-state index contributed by atoms with van der Waals surface area (Å²) in [4.78, 5) is 26.1. The first-order valence-corrected chi connectivity index (χ1v) is 11.0. The Morgan fingerprint density at radius 3 is 2.25 bits per heavy atom. The van der Waals surface area contributed by atoms with E-state index in [1.807, 2.05) is 66.0 Å². The maximum Gasteiger partial charge on any atom is 0.265 e. The Bertz CT molecular complexity index is 1190. The molecule has 160 valence electrons. The highest BCUT2D eigenvalue weighted by molar-refractivity contribution is 7.12. The van der Waals surface area contributed by atoms with E-state index in [-0.39, 0.29) is 17.9 Å². The van der Waals surface area contributed by atoms with Crippen LogP contribution in [0.25, 0.3) is 0 Å². The summed E-state index contributed by atoms with van der Waals surface area (Å²) in [7, 11) is 1.62. The molecule has 1 heterocycles. The van der Waals surface area contributed by atoms with Gasteiger partial charge in [-0.3, -0.25) is 9.59 Å². The maximum absolute atomic E-state index is 13.1. The molecule has 32 heavy (non-hydrogen) atoms. The maximum atomic E-state index is 13.1. The van der Waals surface area contributed by atoms with E-state index < -0.39 is 0 Å². The minimum Gasteiger partial charge on any atom is -0.497 e. The van der Waals surface area contributed by atoms with Gasteiger partial charge in [0.15, 0.2) is 0 Å². The number of thiophene rings is 1. The van der Waals surface area contributed by atoms with Crippen LogP contribution in [0.4, 0.5) is 5.69 Å². The van der Waals surface area contributed by atoms with Gasteiger partial charge in [0.1, 0.15) is 5.75 Å². The molecule has 0 unspecified atom stereocenters. The minimum atomic E-state index is -0.334. The van der Waals surface area contributed by atoms with Crippen LogP contribution in [0.3, 0.4) is 0 Å². The zero-order chi connectivity index (χ0) is 22.3. The van der Waals surface area contributed by atoms with Crippen LogP contribution in [0.5, 0.6) is 5.75 Å². The summed E-state index contributed by atoms with van der Waals surface area (Å²) < 4.78 is 5.26. The molecule has 0 bridgehead atoms. The lowest BCUT2D eigenvalue weighted by atomic mass is 9.98. The van der Waals surface area contributed by atoms with Gasteiger partial charge in [-0.25, -0.2) is 0 Å². The highest BCUT2D eigenvalue weighted by atomic mass is 32.1. The number of carbonyl (C=O) groups excluding carboxylic acids is 2. The minimum absolute atomic E-state index is 0.196. The molecule has 3 aromatic carbocycles. The molecule has 0 fully saturated rings. The number of hydrogen-bond donors (Lipinski definition) is 2. The largest absolute Gasteiger partial charge is 0.497 e. The number of hydrogen-bond acceptors (Lipinski definition) is 4. The number of nitrogens with one attached hydrogen (secondary N) is 2. The summed E-state index contributed by atoms with van der Waals surface area (Å²) in [6, 6.07) is 27.6. The number of carbonyl (C=O) groups is 2. The van der Waals surface area contributed by atoms with Crippen LogP contribution in [0.1, 0.15) is 37.2 Å². The van der Waals surface area contributed by atoms with E-state index in [1.54, 1.807) is 37.4 Å². The van der Waals surface area contributed by atoms with Gasteiger partial charge in [0.25, 0.3) is 11.8 Å². The van der Waals surface area contributed by atoms with E-state index in [0.29, 0.717) is 16.1 Å². The Balaban J connectivity index is 1.56. The van der Waals surface area contributed by atoms with Crippen molar-refractivity contribution in [2.24, 2.45) is 0 Å². The number of benzene rings is 3. The third-order valence-electron chi connectivity index (χ3n) is 4.99. The SMILES string of the molecule is COc1ccc([C@H](NC(=O)c2cccc(NC(=O)c3cccs3)c2)c2ccccc2)cc1. The second-order valence-corrected chi connectivity index (χ2v) is 8.05. The molecule has 0 aliphatic heterocycles. The molecule has 1 aromatic heterocycles. The predicted molar refractivity (Wildman–Crippen MR) is 127 cm³/mol. The summed E-state index contributed by atoms with van der Waals surface area (Å²) in [5.41, 5.74) is 2.93. The van der Waals surface area contributed by atoms with Crippen molar-refractivity contribution in [3.05, 3.63) is 118 Å². The van der Waals surface area contributed by atoms with Gasteiger partial charge in [-0.15, -0.1) is 11.3 Å². The van der Waals surface area contributed by atoms with Crippen LogP contribution in [0.2, 0.25) is 0 Å². The number of methoxy groups -OCH3 is 1. The van der Waals surface area contributed by atoms with E-state index in [0.717, 1.165) is 16.9 Å². The summed E-state index contributed by atoms with van der Waals surface area (Å²) in [6.07, 6.45) is 0. The fourth-order valence-electron chi connectivity index (χ4n) is 3.35. The lowest BCUT2D eigenvalue weighted by molar-refractivity contribution is 0.0941. The predicted octanol–water partition coefficient (Wildman–Crippen LogP) is 5.53. The number of rotatable bonds is 7. The Kier molecular flexibility index (Phi) is 6.63. The second-order valence-electron chi connectivity index (χ2n) is 7.10. The normalized spacial score (nSPS) is 11.4. The highest BCUT2D eigenvalue weighted by Gasteiger charge is 2.18. The monoisotopic (exact) mass is 442 g/mol. The van der Waals surface area contributed by atoms with Crippen molar-refractivity contribution in [1.82, 2.24) is 5.32 Å². The van der Waals surface area contributed by atoms with E-state index in [9.17, 15) is 9.59 Å². The molecular formula is C26H22N2O3S. The quantitative estimate of drug-likeness (QED) is 0.396. The summed E-state index contributed by atoms with van der Waals surface area (Å²) in [5, 5.41) is 7.82. The zero-order valence-electron chi connectivity index (χ0n) is 17.4. The van der Waals surface area contributed by atoms with Crippen molar-refractivity contribution in [2.45, 2.75) is 6.04 Å². The third-order valence-corrected chi connectivity index (χ3v) is 5.85. The Morgan fingerprint density at radius 1 is 0.812 bits per heavy atom. The zero-order valence-corrected chi connectivity index (χ0v) is 18.3. The van der Waals surface area contributed by atoms with Crippen LogP contribution < -0.4 is 15.4 Å². The summed E-state index contributed by atoms with van der Waals surface area (Å²) in [6.45, 7) is 0. The fraction of sp³-hybridized carbons (Fsp3) is 0.0769. The average Bonchev–Trinajstić information content (AvgIpc) is 3.39. The smallest absolute Gasteiger partial charge is 0.265 e. The van der Waals surface area contributed by atoms with Crippen molar-refractivity contribution >= 4 is 28.8 Å². The van der Waals surface area contributed by atoms with Crippen LogP contribution in [-0.4, -0.2) is 18.9 Å². The van der Waals surface area contributed by atoms with Crippen molar-refractivity contribution in [3.8, 4) is 5.75 Å². The third kappa shape index (κ3) is 5.04. The molecule has 5 nitrogen and oxygen atoms in total. The molecule has 0 aliphatic rings. The van der Waals surface area contributed by atoms with Gasteiger partial charge in [0, 0.05) is 11.3 Å². The van der Waals surface area contributed by atoms with Gasteiger partial charge in [-0.1, -0.05) is 54.6 Å². The van der Waals surface area contributed by atoms with E-state index in [1.165, 1.54) is 11.3 Å². The van der Waals surface area contributed by atoms with Crippen molar-refractivity contribution < 1.29 is 14.3 Å². The van der Waals surface area contributed by atoms with E-state index >= 15 is 0 Å². The van der Waals surface area contributed by atoms with Crippen molar-refractivity contribution in [2.75, 3.05) is 12.4 Å². The lowest BCUT2D eigenvalue weighted by Gasteiger charge is -2.20. The second kappa shape index (κ2) is 9.94. The van der Waals surface area contributed by atoms with Gasteiger partial charge in [-0.05, 0) is 52.9 Å². The van der Waals surface area contributed by atoms with Crippen LogP contribution >= 0.6 is 11.3 Å². The first-order chi connectivity index (χ1) is 15.6. The molecule has 0 saturated heterocycles. The lowest BCUT2D eigenvalue weighted by Crippen LogP contribution is -2.29. The molecule has 0 saturated carbocycles. The van der Waals surface area contributed by atoms with Crippen LogP contribution in [0, 0.1) is 0 Å². The molecule has 4 rings (SSSR count). The van der Waals surface area contributed by atoms with Gasteiger partial charge in [0.05, 0.1) is 18.0 Å². The van der Waals surface area contributed by atoms with Crippen molar-refractivity contribution in [1.29, 1.82) is 0 Å². The standard InChI is InChI=1S/C26H22N2O3S/c1-31-22-14-12-19(13-15-22)24(18-7-3-2-4-8-18)28-25(29)20-9-5-10-21(17-20)27-26(30)23-11-6-16-32-23/h2-17,24H,1H3,(H,27,30)(H,28,29)/t24-/m1/s1. The number of anilines is 1. The highest BCUT2D eigenvalue weighted by Crippen LogP contribution is 2.25. The molecule has 0 radical (unpaired) electrons. The van der Waals surface area contributed by atoms with Gasteiger partial charge >= 0.3 is 0 Å². The fourth-order valence-corrected chi connectivity index (χ4v) is 3.97. The van der Waals surface area contributed by atoms with Gasteiger partial charge < -0.3 is 15.4 Å². The Hall–Kier alpha value is -3.90. The number of ether oxygens (including phenoxy) is 1.